The van der Waals surface area contributed by atoms with Crippen LogP contribution in [0, 0.1) is 0 Å². The van der Waals surface area contributed by atoms with E-state index in [9.17, 15) is 13.2 Å². The minimum atomic E-state index is -3.30. The molecule has 0 radical (unpaired) electrons. The van der Waals surface area contributed by atoms with E-state index in [1.54, 1.807) is 13.0 Å². The zero-order chi connectivity index (χ0) is 19.6. The lowest BCUT2D eigenvalue weighted by atomic mass is 10.3. The second-order valence-corrected chi connectivity index (χ2v) is 8.22. The van der Waals surface area contributed by atoms with E-state index in [2.05, 4.69) is 25.3 Å². The van der Waals surface area contributed by atoms with Crippen molar-refractivity contribution < 1.29 is 8.42 Å². The highest BCUT2D eigenvalue weighted by Gasteiger charge is 2.14. The zero-order valence-electron chi connectivity index (χ0n) is 14.7. The molecule has 3 aromatic rings. The van der Waals surface area contributed by atoms with Gasteiger partial charge < -0.3 is 5.32 Å². The Labute approximate surface area is 160 Å². The maximum Gasteiger partial charge on any atom is 0.294 e. The van der Waals surface area contributed by atoms with Crippen molar-refractivity contribution in [3.05, 3.63) is 45.9 Å². The van der Waals surface area contributed by atoms with Crippen LogP contribution in [0.1, 0.15) is 19.5 Å². The van der Waals surface area contributed by atoms with Crippen LogP contribution in [0.2, 0.25) is 5.28 Å². The molecule has 0 bridgehead atoms. The van der Waals surface area contributed by atoms with Crippen LogP contribution >= 0.6 is 11.6 Å². The molecule has 3 heterocycles. The van der Waals surface area contributed by atoms with Gasteiger partial charge in [-0.15, -0.1) is 0 Å². The van der Waals surface area contributed by atoms with Gasteiger partial charge >= 0.3 is 0 Å². The molecule has 3 aromatic heterocycles. The number of hydrogen-bond donors (Lipinski definition) is 1. The Morgan fingerprint density at radius 2 is 1.93 bits per heavy atom. The first kappa shape index (κ1) is 19.2. The van der Waals surface area contributed by atoms with E-state index in [0.29, 0.717) is 23.4 Å². The van der Waals surface area contributed by atoms with E-state index < -0.39 is 9.84 Å². The van der Waals surface area contributed by atoms with E-state index in [1.807, 2.05) is 6.92 Å². The number of nitrogens with one attached hydrogen (secondary N) is 1. The minimum absolute atomic E-state index is 0.00985. The van der Waals surface area contributed by atoms with Crippen LogP contribution < -0.4 is 10.9 Å². The summed E-state index contributed by atoms with van der Waals surface area (Å²) in [5, 5.41) is 2.98. The molecular formula is C16H17ClN6O3S. The average Bonchev–Trinajstić information content (AvgIpc) is 2.67. The SMILES string of the molecule is CCn1c(=O)c(NCc2ccc(S(=O)(=O)CC)cn2)nc2cnc(Cl)nc21. The molecule has 0 aliphatic carbocycles. The number of sulfone groups is 1. The number of anilines is 1. The molecule has 0 aliphatic rings. The van der Waals surface area contributed by atoms with E-state index in [0.717, 1.165) is 0 Å². The van der Waals surface area contributed by atoms with Gasteiger partial charge in [-0.05, 0) is 30.7 Å². The van der Waals surface area contributed by atoms with Gasteiger partial charge in [0, 0.05) is 12.7 Å². The molecule has 142 valence electrons. The van der Waals surface area contributed by atoms with Crippen LogP contribution in [-0.4, -0.2) is 38.7 Å². The van der Waals surface area contributed by atoms with Gasteiger partial charge in [0.1, 0.15) is 5.52 Å². The highest BCUT2D eigenvalue weighted by atomic mass is 35.5. The Bertz CT molecular complexity index is 1150. The van der Waals surface area contributed by atoms with Gasteiger partial charge in [0.05, 0.1) is 29.1 Å². The fourth-order valence-electron chi connectivity index (χ4n) is 2.46. The number of fused-ring (bicyclic) bond motifs is 1. The number of rotatable bonds is 6. The Morgan fingerprint density at radius 1 is 1.15 bits per heavy atom. The van der Waals surface area contributed by atoms with Crippen LogP contribution in [-0.2, 0) is 22.9 Å². The quantitative estimate of drug-likeness (QED) is 0.611. The van der Waals surface area contributed by atoms with Crippen molar-refractivity contribution in [1.29, 1.82) is 0 Å². The van der Waals surface area contributed by atoms with Gasteiger partial charge in [-0.3, -0.25) is 14.3 Å². The monoisotopic (exact) mass is 408 g/mol. The first-order chi connectivity index (χ1) is 12.9. The predicted molar refractivity (Wildman–Crippen MR) is 102 cm³/mol. The van der Waals surface area contributed by atoms with Gasteiger partial charge in [-0.1, -0.05) is 6.92 Å². The molecule has 0 aliphatic heterocycles. The molecule has 0 unspecified atom stereocenters. The molecule has 3 rings (SSSR count). The van der Waals surface area contributed by atoms with Gasteiger partial charge in [-0.2, -0.15) is 4.98 Å². The lowest BCUT2D eigenvalue weighted by molar-refractivity contribution is 0.596. The molecule has 0 fully saturated rings. The van der Waals surface area contributed by atoms with Crippen LogP contribution in [0.3, 0.4) is 0 Å². The topological polar surface area (TPSA) is 120 Å². The third kappa shape index (κ3) is 3.91. The van der Waals surface area contributed by atoms with E-state index in [4.69, 9.17) is 11.6 Å². The number of hydrogen-bond acceptors (Lipinski definition) is 8. The van der Waals surface area contributed by atoms with Gasteiger partial charge in [0.2, 0.25) is 5.28 Å². The van der Waals surface area contributed by atoms with Crippen LogP contribution in [0.25, 0.3) is 11.2 Å². The zero-order valence-corrected chi connectivity index (χ0v) is 16.3. The molecule has 0 amide bonds. The first-order valence-electron chi connectivity index (χ1n) is 8.20. The number of halogens is 1. The second-order valence-electron chi connectivity index (χ2n) is 5.60. The summed E-state index contributed by atoms with van der Waals surface area (Å²) in [6.45, 7) is 3.99. The molecular weight excluding hydrogens is 392 g/mol. The number of aryl methyl sites for hydroxylation is 1. The third-order valence-corrected chi connectivity index (χ3v) is 5.85. The Kier molecular flexibility index (Phi) is 5.38. The summed E-state index contributed by atoms with van der Waals surface area (Å²) in [5.74, 6) is 0.137. The highest BCUT2D eigenvalue weighted by molar-refractivity contribution is 7.91. The smallest absolute Gasteiger partial charge is 0.294 e. The van der Waals surface area contributed by atoms with Crippen molar-refractivity contribution in [3.63, 3.8) is 0 Å². The van der Waals surface area contributed by atoms with E-state index in [1.165, 1.54) is 23.0 Å². The fourth-order valence-corrected chi connectivity index (χ4v) is 3.42. The maximum absolute atomic E-state index is 12.6. The van der Waals surface area contributed by atoms with Crippen molar-refractivity contribution in [1.82, 2.24) is 24.5 Å². The summed E-state index contributed by atoms with van der Waals surface area (Å²) in [7, 11) is -3.30. The normalized spacial score (nSPS) is 11.7. The average molecular weight is 409 g/mol. The lowest BCUT2D eigenvalue weighted by Crippen LogP contribution is -2.25. The van der Waals surface area contributed by atoms with Crippen molar-refractivity contribution in [2.24, 2.45) is 0 Å². The summed E-state index contributed by atoms with van der Waals surface area (Å²) >= 11 is 5.80. The molecule has 0 aromatic carbocycles. The number of aromatic nitrogens is 5. The molecule has 27 heavy (non-hydrogen) atoms. The molecule has 1 N–H and O–H groups in total. The minimum Gasteiger partial charge on any atom is -0.360 e. The second kappa shape index (κ2) is 7.57. The van der Waals surface area contributed by atoms with Crippen molar-refractivity contribution in [2.45, 2.75) is 31.8 Å². The van der Waals surface area contributed by atoms with E-state index >= 15 is 0 Å². The summed E-state index contributed by atoms with van der Waals surface area (Å²) in [6, 6.07) is 3.09. The highest BCUT2D eigenvalue weighted by Crippen LogP contribution is 2.13. The summed E-state index contributed by atoms with van der Waals surface area (Å²) in [5.41, 5.74) is 1.02. The molecule has 0 saturated carbocycles. The van der Waals surface area contributed by atoms with Gasteiger partial charge in [0.25, 0.3) is 5.56 Å². The van der Waals surface area contributed by atoms with Crippen LogP contribution in [0.15, 0.2) is 34.2 Å². The Hall–Kier alpha value is -2.59. The van der Waals surface area contributed by atoms with Crippen molar-refractivity contribution in [2.75, 3.05) is 11.1 Å². The molecule has 0 atom stereocenters. The van der Waals surface area contributed by atoms with Crippen molar-refractivity contribution in [3.8, 4) is 0 Å². The van der Waals surface area contributed by atoms with Gasteiger partial charge in [-0.25, -0.2) is 18.4 Å². The van der Waals surface area contributed by atoms with Crippen molar-refractivity contribution >= 4 is 38.4 Å². The molecule has 9 nitrogen and oxygen atoms in total. The van der Waals surface area contributed by atoms with Crippen LogP contribution in [0.5, 0.6) is 0 Å². The maximum atomic E-state index is 12.6. The Morgan fingerprint density at radius 3 is 2.56 bits per heavy atom. The molecule has 11 heteroatoms. The summed E-state index contributed by atoms with van der Waals surface area (Å²) in [4.78, 5) is 29.1. The standard InChI is InChI=1S/C16H17ClN6O3S/c1-3-23-14-12(9-20-16(17)22-14)21-13(15(23)24)19-7-10-5-6-11(8-18-10)27(25,26)4-2/h5-6,8-9H,3-4,7H2,1-2H3,(H,19,21). The third-order valence-electron chi connectivity index (χ3n) is 3.95. The lowest BCUT2D eigenvalue weighted by Gasteiger charge is -2.11. The summed E-state index contributed by atoms with van der Waals surface area (Å²) in [6.07, 6.45) is 2.76. The first-order valence-corrected chi connectivity index (χ1v) is 10.2. The Balaban J connectivity index is 1.88. The molecule has 0 saturated heterocycles. The number of pyridine rings is 1. The fraction of sp³-hybridized carbons (Fsp3) is 0.312. The number of nitrogens with zero attached hydrogens (tertiary/aromatic N) is 5. The predicted octanol–water partition coefficient (Wildman–Crippen LogP) is 1.66. The van der Waals surface area contributed by atoms with E-state index in [-0.39, 0.29) is 33.9 Å². The molecule has 0 spiro atoms. The summed E-state index contributed by atoms with van der Waals surface area (Å²) < 4.78 is 25.1. The van der Waals surface area contributed by atoms with Gasteiger partial charge in [0.15, 0.2) is 21.3 Å². The van der Waals surface area contributed by atoms with Crippen LogP contribution in [0.4, 0.5) is 5.82 Å². The largest absolute Gasteiger partial charge is 0.360 e.